The van der Waals surface area contributed by atoms with Gasteiger partial charge in [0, 0.05) is 6.54 Å². The van der Waals surface area contributed by atoms with Crippen LogP contribution in [0.4, 0.5) is 0 Å². The maximum absolute atomic E-state index is 10.5. The molecule has 1 unspecified atom stereocenters. The lowest BCUT2D eigenvalue weighted by molar-refractivity contribution is -0.140. The highest BCUT2D eigenvalue weighted by Gasteiger charge is 2.09. The van der Waals surface area contributed by atoms with Crippen molar-refractivity contribution in [3.05, 3.63) is 0 Å². The molecule has 0 rings (SSSR count). The van der Waals surface area contributed by atoms with Crippen molar-refractivity contribution < 1.29 is 9.90 Å². The van der Waals surface area contributed by atoms with Gasteiger partial charge >= 0.3 is 5.97 Å². The van der Waals surface area contributed by atoms with Crippen LogP contribution in [-0.2, 0) is 4.79 Å². The van der Waals surface area contributed by atoms with Crippen LogP contribution in [0.15, 0.2) is 0 Å². The number of nitrogens with one attached hydrogen (secondary N) is 1. The summed E-state index contributed by atoms with van der Waals surface area (Å²) in [7, 11) is 0. The molecule has 0 spiro atoms. The molecule has 0 aliphatic carbocycles. The summed E-state index contributed by atoms with van der Waals surface area (Å²) >= 11 is 0. The highest BCUT2D eigenvalue weighted by molar-refractivity contribution is 5.69. The zero-order chi connectivity index (χ0) is 11.7. The van der Waals surface area contributed by atoms with Crippen LogP contribution in [0.25, 0.3) is 0 Å². The van der Waals surface area contributed by atoms with E-state index >= 15 is 0 Å². The first-order chi connectivity index (χ1) is 7.11. The predicted molar refractivity (Wildman–Crippen MR) is 62.1 cm³/mol. The molecule has 2 N–H and O–H groups in total. The summed E-state index contributed by atoms with van der Waals surface area (Å²) in [5.74, 6) is -1.02. The molecular weight excluding hydrogens is 192 g/mol. The fraction of sp³-hybridized carbons (Fsp3) is 0.909. The van der Waals surface area contributed by atoms with Crippen LogP contribution >= 0.6 is 0 Å². The van der Waals surface area contributed by atoms with Gasteiger partial charge in [-0.25, -0.2) is 0 Å². The molecule has 0 bridgehead atoms. The summed E-state index contributed by atoms with van der Waals surface area (Å²) in [6, 6.07) is 0. The molecule has 0 heterocycles. The summed E-state index contributed by atoms with van der Waals surface area (Å²) in [5, 5.41) is 11.8. The second-order valence-electron chi connectivity index (χ2n) is 3.82. The fourth-order valence-electron chi connectivity index (χ4n) is 1.37. The number of hydrogen-bond acceptors (Lipinski definition) is 3. The predicted octanol–water partition coefficient (Wildman–Crippen LogP) is 1.03. The molecule has 1 atom stereocenters. The Kier molecular flexibility index (Phi) is 8.33. The van der Waals surface area contributed by atoms with Crippen LogP contribution in [0.1, 0.15) is 27.2 Å². The van der Waals surface area contributed by atoms with Crippen LogP contribution in [0, 0.1) is 5.92 Å². The van der Waals surface area contributed by atoms with Gasteiger partial charge in [0.1, 0.15) is 0 Å². The molecule has 4 heteroatoms. The Morgan fingerprint density at radius 3 is 2.47 bits per heavy atom. The van der Waals surface area contributed by atoms with E-state index in [1.54, 1.807) is 6.92 Å². The van der Waals surface area contributed by atoms with E-state index in [0.29, 0.717) is 6.54 Å². The second kappa shape index (κ2) is 8.68. The van der Waals surface area contributed by atoms with E-state index in [1.807, 2.05) is 0 Å². The first-order valence-corrected chi connectivity index (χ1v) is 5.77. The Hall–Kier alpha value is -0.610. The molecule has 0 fully saturated rings. The average molecular weight is 216 g/mol. The molecule has 0 amide bonds. The van der Waals surface area contributed by atoms with Gasteiger partial charge in [0.2, 0.25) is 0 Å². The minimum Gasteiger partial charge on any atom is -0.481 e. The molecule has 15 heavy (non-hydrogen) atoms. The van der Waals surface area contributed by atoms with E-state index in [9.17, 15) is 4.79 Å². The van der Waals surface area contributed by atoms with E-state index in [4.69, 9.17) is 5.11 Å². The zero-order valence-corrected chi connectivity index (χ0v) is 10.1. The normalized spacial score (nSPS) is 13.1. The van der Waals surface area contributed by atoms with E-state index < -0.39 is 5.97 Å². The number of hydrogen-bond donors (Lipinski definition) is 2. The van der Waals surface area contributed by atoms with Crippen LogP contribution in [-0.4, -0.2) is 48.7 Å². The summed E-state index contributed by atoms with van der Waals surface area (Å²) in [6.07, 6.45) is 1.08. The van der Waals surface area contributed by atoms with Gasteiger partial charge in [-0.2, -0.15) is 0 Å². The van der Waals surface area contributed by atoms with Gasteiger partial charge in [-0.3, -0.25) is 4.79 Å². The van der Waals surface area contributed by atoms with Gasteiger partial charge in [-0.05, 0) is 32.6 Å². The molecule has 4 nitrogen and oxygen atoms in total. The molecule has 90 valence electrons. The van der Waals surface area contributed by atoms with Crippen LogP contribution in [0.5, 0.6) is 0 Å². The number of carboxylic acids is 1. The maximum atomic E-state index is 10.5. The van der Waals surface area contributed by atoms with E-state index in [-0.39, 0.29) is 5.92 Å². The third-order valence-electron chi connectivity index (χ3n) is 2.59. The van der Waals surface area contributed by atoms with Gasteiger partial charge in [0.25, 0.3) is 0 Å². The van der Waals surface area contributed by atoms with Crippen molar-refractivity contribution in [2.75, 3.05) is 32.7 Å². The summed E-state index contributed by atoms with van der Waals surface area (Å²) < 4.78 is 0. The summed E-state index contributed by atoms with van der Waals surface area (Å²) in [6.45, 7) is 10.7. The van der Waals surface area contributed by atoms with Gasteiger partial charge < -0.3 is 15.3 Å². The largest absolute Gasteiger partial charge is 0.481 e. The fourth-order valence-corrected chi connectivity index (χ4v) is 1.37. The molecule has 0 radical (unpaired) electrons. The number of rotatable bonds is 9. The third-order valence-corrected chi connectivity index (χ3v) is 2.59. The van der Waals surface area contributed by atoms with Crippen molar-refractivity contribution in [2.24, 2.45) is 5.92 Å². The maximum Gasteiger partial charge on any atom is 0.307 e. The van der Waals surface area contributed by atoms with E-state index in [0.717, 1.165) is 32.6 Å². The van der Waals surface area contributed by atoms with Crippen molar-refractivity contribution in [3.8, 4) is 0 Å². The van der Waals surface area contributed by atoms with Crippen LogP contribution < -0.4 is 5.32 Å². The van der Waals surface area contributed by atoms with Gasteiger partial charge in [0.15, 0.2) is 0 Å². The first kappa shape index (κ1) is 14.4. The number of nitrogens with zero attached hydrogens (tertiary/aromatic N) is 1. The third kappa shape index (κ3) is 7.33. The summed E-state index contributed by atoms with van der Waals surface area (Å²) in [5.41, 5.74) is 0. The van der Waals surface area contributed by atoms with Crippen LogP contribution in [0.3, 0.4) is 0 Å². The number of aliphatic carboxylic acids is 1. The summed E-state index contributed by atoms with van der Waals surface area (Å²) in [4.78, 5) is 12.9. The number of carbonyl (C=O) groups is 1. The van der Waals surface area contributed by atoms with Crippen molar-refractivity contribution in [2.45, 2.75) is 27.2 Å². The topological polar surface area (TPSA) is 52.6 Å². The molecule has 0 saturated heterocycles. The van der Waals surface area contributed by atoms with Gasteiger partial charge in [0.05, 0.1) is 5.92 Å². The Bertz CT molecular complexity index is 170. The van der Waals surface area contributed by atoms with Crippen LogP contribution in [0.2, 0.25) is 0 Å². The van der Waals surface area contributed by atoms with Crippen molar-refractivity contribution in [1.82, 2.24) is 10.2 Å². The van der Waals surface area contributed by atoms with Crippen molar-refractivity contribution >= 4 is 5.97 Å². The highest BCUT2D eigenvalue weighted by Crippen LogP contribution is 1.92. The molecule has 0 aliphatic rings. The highest BCUT2D eigenvalue weighted by atomic mass is 16.4. The minimum absolute atomic E-state index is 0.293. The average Bonchev–Trinajstić information content (AvgIpc) is 2.23. The van der Waals surface area contributed by atoms with E-state index in [1.165, 1.54) is 0 Å². The lowest BCUT2D eigenvalue weighted by atomic mass is 10.2. The Morgan fingerprint density at radius 1 is 1.40 bits per heavy atom. The monoisotopic (exact) mass is 216 g/mol. The van der Waals surface area contributed by atoms with Crippen molar-refractivity contribution in [1.29, 1.82) is 0 Å². The lowest BCUT2D eigenvalue weighted by Gasteiger charge is -2.17. The molecule has 0 aromatic rings. The standard InChI is InChI=1S/C11H24N2O2/c1-4-13(5-2)8-6-7-12-9-10(3)11(14)15/h10,12H,4-9H2,1-3H3,(H,14,15). The molecule has 0 aliphatic heterocycles. The zero-order valence-electron chi connectivity index (χ0n) is 10.1. The van der Waals surface area contributed by atoms with Gasteiger partial charge in [-0.1, -0.05) is 20.8 Å². The van der Waals surface area contributed by atoms with Gasteiger partial charge in [-0.15, -0.1) is 0 Å². The Morgan fingerprint density at radius 2 is 2.00 bits per heavy atom. The molecule has 0 aromatic carbocycles. The van der Waals surface area contributed by atoms with E-state index in [2.05, 4.69) is 24.1 Å². The Labute approximate surface area is 92.7 Å². The Balaban J connectivity index is 3.35. The number of carboxylic acid groups (broad SMARTS) is 1. The SMILES string of the molecule is CCN(CC)CCCNCC(C)C(=O)O. The quantitative estimate of drug-likeness (QED) is 0.565. The lowest BCUT2D eigenvalue weighted by Crippen LogP contribution is -2.30. The molecule has 0 aromatic heterocycles. The smallest absolute Gasteiger partial charge is 0.307 e. The molecular formula is C11H24N2O2. The van der Waals surface area contributed by atoms with Crippen molar-refractivity contribution in [3.63, 3.8) is 0 Å². The molecule has 0 saturated carbocycles. The first-order valence-electron chi connectivity index (χ1n) is 5.77. The second-order valence-corrected chi connectivity index (χ2v) is 3.82. The minimum atomic E-state index is -0.730.